The Morgan fingerprint density at radius 2 is 2.11 bits per heavy atom. The molecule has 1 aromatic heterocycles. The predicted molar refractivity (Wildman–Crippen MR) is 76.8 cm³/mol. The largest absolute Gasteiger partial charge is 0.489 e. The number of alkyl halides is 1. The number of aromatic nitrogens is 2. The molecule has 0 saturated carbocycles. The van der Waals surface area contributed by atoms with E-state index in [-0.39, 0.29) is 0 Å². The van der Waals surface area contributed by atoms with Gasteiger partial charge in [0.15, 0.2) is 5.75 Å². The number of hydrogen-bond acceptors (Lipinski definition) is 4. The maximum absolute atomic E-state index is 5.93. The summed E-state index contributed by atoms with van der Waals surface area (Å²) in [6, 6.07) is 0. The highest BCUT2D eigenvalue weighted by Crippen LogP contribution is 2.20. The molecule has 0 aromatic carbocycles. The summed E-state index contributed by atoms with van der Waals surface area (Å²) in [6.07, 6.45) is 4.36. The summed E-state index contributed by atoms with van der Waals surface area (Å²) in [6.45, 7) is 8.16. The molecule has 1 fully saturated rings. The van der Waals surface area contributed by atoms with Gasteiger partial charge in [0.05, 0.1) is 12.1 Å². The van der Waals surface area contributed by atoms with Crippen molar-refractivity contribution in [2.75, 3.05) is 26.2 Å². The fourth-order valence-electron chi connectivity index (χ4n) is 2.21. The van der Waals surface area contributed by atoms with Crippen molar-refractivity contribution < 1.29 is 4.74 Å². The zero-order valence-corrected chi connectivity index (χ0v) is 12.5. The van der Waals surface area contributed by atoms with E-state index < -0.39 is 0 Å². The van der Waals surface area contributed by atoms with Gasteiger partial charge in [-0.2, -0.15) is 0 Å². The second-order valence-electron chi connectivity index (χ2n) is 5.22. The van der Waals surface area contributed by atoms with Crippen molar-refractivity contribution in [2.24, 2.45) is 0 Å². The Morgan fingerprint density at radius 3 is 2.74 bits per heavy atom. The molecule has 0 radical (unpaired) electrons. The van der Waals surface area contributed by atoms with Crippen LogP contribution >= 0.6 is 11.6 Å². The smallest absolute Gasteiger partial charge is 0.160 e. The first-order valence-electron chi connectivity index (χ1n) is 6.97. The highest BCUT2D eigenvalue weighted by molar-refractivity contribution is 6.17. The Hall–Kier alpha value is -0.870. The third-order valence-electron chi connectivity index (χ3n) is 3.35. The molecule has 1 saturated heterocycles. The summed E-state index contributed by atoms with van der Waals surface area (Å²) in [4.78, 5) is 11.2. The number of hydrogen-bond donors (Lipinski definition) is 0. The molecule has 5 heteroatoms. The van der Waals surface area contributed by atoms with Crippen LogP contribution in [0.2, 0.25) is 0 Å². The van der Waals surface area contributed by atoms with Gasteiger partial charge in [0.2, 0.25) is 0 Å². The minimum Gasteiger partial charge on any atom is -0.489 e. The number of halogens is 1. The van der Waals surface area contributed by atoms with E-state index in [0.29, 0.717) is 18.4 Å². The van der Waals surface area contributed by atoms with Crippen LogP contribution in [0.4, 0.5) is 0 Å². The molecule has 0 bridgehead atoms. The highest BCUT2D eigenvalue weighted by Gasteiger charge is 2.13. The van der Waals surface area contributed by atoms with Crippen LogP contribution in [-0.4, -0.2) is 41.1 Å². The number of likely N-dealkylation sites (tertiary alicyclic amines) is 1. The SMILES string of the molecule is CC(C)c1ncc(OCCN2CCCC2)c(CCl)n1. The van der Waals surface area contributed by atoms with Crippen molar-refractivity contribution in [3.63, 3.8) is 0 Å². The fourth-order valence-corrected chi connectivity index (χ4v) is 2.40. The molecule has 19 heavy (non-hydrogen) atoms. The van der Waals surface area contributed by atoms with E-state index in [2.05, 4.69) is 28.7 Å². The molecule has 0 N–H and O–H groups in total. The third kappa shape index (κ3) is 4.05. The lowest BCUT2D eigenvalue weighted by molar-refractivity contribution is 0.235. The van der Waals surface area contributed by atoms with E-state index in [1.54, 1.807) is 6.20 Å². The quantitative estimate of drug-likeness (QED) is 0.753. The van der Waals surface area contributed by atoms with E-state index in [1.807, 2.05) is 0 Å². The number of rotatable bonds is 6. The molecule has 1 aromatic rings. The molecule has 2 heterocycles. The second kappa shape index (κ2) is 7.06. The van der Waals surface area contributed by atoms with E-state index in [1.165, 1.54) is 25.9 Å². The van der Waals surface area contributed by atoms with Crippen molar-refractivity contribution >= 4 is 11.6 Å². The molecule has 0 amide bonds. The van der Waals surface area contributed by atoms with Gasteiger partial charge < -0.3 is 4.74 Å². The molecule has 4 nitrogen and oxygen atoms in total. The molecule has 0 spiro atoms. The summed E-state index contributed by atoms with van der Waals surface area (Å²) in [5.41, 5.74) is 0.793. The highest BCUT2D eigenvalue weighted by atomic mass is 35.5. The van der Waals surface area contributed by atoms with Crippen LogP contribution in [0.1, 0.15) is 44.1 Å². The molecule has 2 rings (SSSR count). The van der Waals surface area contributed by atoms with Crippen molar-refractivity contribution in [3.05, 3.63) is 17.7 Å². The van der Waals surface area contributed by atoms with Crippen LogP contribution in [0.25, 0.3) is 0 Å². The van der Waals surface area contributed by atoms with Crippen LogP contribution in [0.15, 0.2) is 6.20 Å². The lowest BCUT2D eigenvalue weighted by atomic mass is 10.2. The normalized spacial score (nSPS) is 16.2. The van der Waals surface area contributed by atoms with E-state index >= 15 is 0 Å². The summed E-state index contributed by atoms with van der Waals surface area (Å²) in [5.74, 6) is 2.21. The predicted octanol–water partition coefficient (Wildman–Crippen LogP) is 2.81. The second-order valence-corrected chi connectivity index (χ2v) is 5.49. The van der Waals surface area contributed by atoms with Gasteiger partial charge in [-0.25, -0.2) is 9.97 Å². The average molecular weight is 284 g/mol. The van der Waals surface area contributed by atoms with Crippen LogP contribution in [0, 0.1) is 0 Å². The fraction of sp³-hybridized carbons (Fsp3) is 0.714. The Balaban J connectivity index is 1.91. The van der Waals surface area contributed by atoms with E-state index in [0.717, 1.165) is 23.8 Å². The lowest BCUT2D eigenvalue weighted by Crippen LogP contribution is -2.25. The molecule has 1 aliphatic heterocycles. The summed E-state index contributed by atoms with van der Waals surface area (Å²) in [7, 11) is 0. The van der Waals surface area contributed by atoms with Gasteiger partial charge in [0.25, 0.3) is 0 Å². The monoisotopic (exact) mass is 283 g/mol. The lowest BCUT2D eigenvalue weighted by Gasteiger charge is -2.16. The number of ether oxygens (including phenoxy) is 1. The summed E-state index contributed by atoms with van der Waals surface area (Å²) >= 11 is 5.93. The van der Waals surface area contributed by atoms with Crippen LogP contribution in [-0.2, 0) is 5.88 Å². The topological polar surface area (TPSA) is 38.2 Å². The first-order valence-corrected chi connectivity index (χ1v) is 7.51. The van der Waals surface area contributed by atoms with Gasteiger partial charge in [0, 0.05) is 12.5 Å². The van der Waals surface area contributed by atoms with Gasteiger partial charge in [-0.05, 0) is 25.9 Å². The minimum atomic E-state index is 0.306. The summed E-state index contributed by atoms with van der Waals surface area (Å²) in [5, 5.41) is 0. The van der Waals surface area contributed by atoms with Crippen molar-refractivity contribution in [1.29, 1.82) is 0 Å². The Bertz CT molecular complexity index is 406. The van der Waals surface area contributed by atoms with Gasteiger partial charge in [-0.3, -0.25) is 4.90 Å². The Labute approximate surface area is 120 Å². The zero-order chi connectivity index (χ0) is 13.7. The van der Waals surface area contributed by atoms with Crippen LogP contribution in [0.3, 0.4) is 0 Å². The maximum atomic E-state index is 5.93. The standard InChI is InChI=1S/C14H22ClN3O/c1-11(2)14-16-10-13(12(9-15)17-14)19-8-7-18-5-3-4-6-18/h10-11H,3-9H2,1-2H3. The van der Waals surface area contributed by atoms with Gasteiger partial charge in [-0.15, -0.1) is 11.6 Å². The molecular formula is C14H22ClN3O. The molecule has 0 unspecified atom stereocenters. The van der Waals surface area contributed by atoms with Gasteiger partial charge in [-0.1, -0.05) is 13.8 Å². The first-order chi connectivity index (χ1) is 9.20. The van der Waals surface area contributed by atoms with Gasteiger partial charge >= 0.3 is 0 Å². The summed E-state index contributed by atoms with van der Waals surface area (Å²) < 4.78 is 5.77. The van der Waals surface area contributed by atoms with E-state index in [9.17, 15) is 0 Å². The molecule has 1 aliphatic rings. The third-order valence-corrected chi connectivity index (χ3v) is 3.61. The van der Waals surface area contributed by atoms with Crippen LogP contribution in [0.5, 0.6) is 5.75 Å². The average Bonchev–Trinajstić information content (AvgIpc) is 2.92. The van der Waals surface area contributed by atoms with E-state index in [4.69, 9.17) is 16.3 Å². The maximum Gasteiger partial charge on any atom is 0.160 e. The first kappa shape index (κ1) is 14.5. The molecule has 106 valence electrons. The number of nitrogens with zero attached hydrogens (tertiary/aromatic N) is 3. The molecule has 0 atom stereocenters. The van der Waals surface area contributed by atoms with Crippen molar-refractivity contribution in [2.45, 2.75) is 38.5 Å². The van der Waals surface area contributed by atoms with Crippen LogP contribution < -0.4 is 4.74 Å². The zero-order valence-electron chi connectivity index (χ0n) is 11.7. The minimum absolute atomic E-state index is 0.306. The van der Waals surface area contributed by atoms with Crippen molar-refractivity contribution in [3.8, 4) is 5.75 Å². The van der Waals surface area contributed by atoms with Crippen molar-refractivity contribution in [1.82, 2.24) is 14.9 Å². The Kier molecular flexibility index (Phi) is 5.40. The Morgan fingerprint density at radius 1 is 1.37 bits per heavy atom. The molecule has 0 aliphatic carbocycles. The van der Waals surface area contributed by atoms with Gasteiger partial charge in [0.1, 0.15) is 18.1 Å². The molecular weight excluding hydrogens is 262 g/mol.